The quantitative estimate of drug-likeness (QED) is 0.505. The Morgan fingerprint density at radius 2 is 1.82 bits per heavy atom. The number of H-pyrrole nitrogens is 1. The normalized spacial score (nSPS) is 18.7. The molecule has 4 rings (SSSR count). The van der Waals surface area contributed by atoms with Crippen molar-refractivity contribution in [2.75, 3.05) is 4.72 Å². The van der Waals surface area contributed by atoms with Crippen LogP contribution in [0.2, 0.25) is 0 Å². The summed E-state index contributed by atoms with van der Waals surface area (Å²) in [5, 5.41) is 3.14. The largest absolute Gasteiger partial charge is 0.360 e. The zero-order valence-corrected chi connectivity index (χ0v) is 19.7. The molecule has 1 amide bonds. The maximum absolute atomic E-state index is 13.1. The summed E-state index contributed by atoms with van der Waals surface area (Å²) in [6, 6.07) is 11.5. The number of carbonyl (C=O) groups is 1. The van der Waals surface area contributed by atoms with E-state index in [1.54, 1.807) is 12.1 Å². The number of carbonyl (C=O) groups excluding carboxylic acids is 1. The van der Waals surface area contributed by atoms with Crippen LogP contribution in [0.4, 0.5) is 5.69 Å². The van der Waals surface area contributed by atoms with Crippen molar-refractivity contribution in [2.24, 2.45) is 5.92 Å². The third kappa shape index (κ3) is 4.95. The molecule has 1 saturated carbocycles. The standard InChI is InChI=1S/C25H29N3O4S/c1-3-17-8-10-18(11-9-17)28-33(31,32)19-12-13-23-20(14-19)24(29)21(15-26-23)25(30)27-22-7-5-4-6-16(22)2/h8-16,22,28H,3-7H2,1-2H3,(H,26,29)(H,27,30)/t16-,22-/m0/s1. The van der Waals surface area contributed by atoms with Gasteiger partial charge in [0.1, 0.15) is 5.56 Å². The molecule has 1 aliphatic carbocycles. The second-order valence-corrected chi connectivity index (χ2v) is 10.4. The molecule has 3 N–H and O–H groups in total. The zero-order chi connectivity index (χ0) is 23.6. The molecular weight excluding hydrogens is 438 g/mol. The topological polar surface area (TPSA) is 108 Å². The van der Waals surface area contributed by atoms with Crippen LogP contribution in [-0.4, -0.2) is 25.4 Å². The number of anilines is 1. The molecule has 0 bridgehead atoms. The van der Waals surface area contributed by atoms with E-state index in [9.17, 15) is 18.0 Å². The van der Waals surface area contributed by atoms with E-state index in [0.717, 1.165) is 37.7 Å². The van der Waals surface area contributed by atoms with E-state index in [-0.39, 0.29) is 21.9 Å². The van der Waals surface area contributed by atoms with Crippen LogP contribution in [0.1, 0.15) is 55.5 Å². The van der Waals surface area contributed by atoms with E-state index in [1.165, 1.54) is 24.4 Å². The van der Waals surface area contributed by atoms with Crippen molar-refractivity contribution in [1.29, 1.82) is 0 Å². The van der Waals surface area contributed by atoms with Gasteiger partial charge in [0.2, 0.25) is 5.43 Å². The first-order valence-corrected chi connectivity index (χ1v) is 12.8. The molecule has 1 aliphatic rings. The van der Waals surface area contributed by atoms with Crippen LogP contribution in [0.5, 0.6) is 0 Å². The third-order valence-corrected chi connectivity index (χ3v) is 7.83. The molecule has 33 heavy (non-hydrogen) atoms. The maximum atomic E-state index is 13.1. The minimum atomic E-state index is -3.91. The Morgan fingerprint density at radius 1 is 1.09 bits per heavy atom. The van der Waals surface area contributed by atoms with E-state index in [1.807, 2.05) is 19.1 Å². The molecule has 2 atom stereocenters. The van der Waals surface area contributed by atoms with Gasteiger partial charge < -0.3 is 10.3 Å². The van der Waals surface area contributed by atoms with Gasteiger partial charge in [-0.3, -0.25) is 14.3 Å². The number of hydrogen-bond donors (Lipinski definition) is 3. The van der Waals surface area contributed by atoms with Gasteiger partial charge in [-0.05, 0) is 61.1 Å². The smallest absolute Gasteiger partial charge is 0.261 e. The number of aromatic nitrogens is 1. The lowest BCUT2D eigenvalue weighted by Gasteiger charge is -2.29. The summed E-state index contributed by atoms with van der Waals surface area (Å²) in [6.45, 7) is 4.13. The van der Waals surface area contributed by atoms with Gasteiger partial charge in [-0.1, -0.05) is 38.8 Å². The van der Waals surface area contributed by atoms with E-state index < -0.39 is 21.4 Å². The average Bonchev–Trinajstić information content (AvgIpc) is 2.81. The minimum Gasteiger partial charge on any atom is -0.360 e. The summed E-state index contributed by atoms with van der Waals surface area (Å²) in [5.74, 6) is -0.0734. The number of sulfonamides is 1. The number of aromatic amines is 1. The molecular formula is C25H29N3O4S. The Morgan fingerprint density at radius 3 is 2.52 bits per heavy atom. The summed E-state index contributed by atoms with van der Waals surface area (Å²) >= 11 is 0. The molecule has 3 aromatic rings. The van der Waals surface area contributed by atoms with Gasteiger partial charge in [-0.15, -0.1) is 0 Å². The minimum absolute atomic E-state index is 0.0158. The first-order chi connectivity index (χ1) is 15.8. The molecule has 0 unspecified atom stereocenters. The van der Waals surface area contributed by atoms with Crippen LogP contribution in [-0.2, 0) is 16.4 Å². The molecule has 174 valence electrons. The first kappa shape index (κ1) is 23.0. The van der Waals surface area contributed by atoms with Crippen molar-refractivity contribution in [1.82, 2.24) is 10.3 Å². The van der Waals surface area contributed by atoms with Crippen LogP contribution in [0.15, 0.2) is 58.4 Å². The van der Waals surface area contributed by atoms with Crippen LogP contribution in [0, 0.1) is 5.92 Å². The Hall–Kier alpha value is -3.13. The van der Waals surface area contributed by atoms with Gasteiger partial charge >= 0.3 is 0 Å². The Balaban J connectivity index is 1.62. The number of nitrogens with one attached hydrogen (secondary N) is 3. The number of aryl methyl sites for hydroxylation is 1. The van der Waals surface area contributed by atoms with Gasteiger partial charge in [0.25, 0.3) is 15.9 Å². The Kier molecular flexibility index (Phi) is 6.56. The van der Waals surface area contributed by atoms with Crippen LogP contribution in [0.25, 0.3) is 10.9 Å². The SMILES string of the molecule is CCc1ccc(NS(=O)(=O)c2ccc3[nH]cc(C(=O)N[C@H]4CCCC[C@@H]4C)c(=O)c3c2)cc1. The maximum Gasteiger partial charge on any atom is 0.261 e. The molecule has 8 heteroatoms. The summed E-state index contributed by atoms with van der Waals surface area (Å²) in [4.78, 5) is 28.9. The molecule has 1 aromatic heterocycles. The Bertz CT molecular complexity index is 1330. The number of amides is 1. The average molecular weight is 468 g/mol. The Labute approximate surface area is 193 Å². The number of pyridine rings is 1. The van der Waals surface area contributed by atoms with Crippen LogP contribution in [0.3, 0.4) is 0 Å². The van der Waals surface area contributed by atoms with Crippen molar-refractivity contribution in [3.8, 4) is 0 Å². The number of fused-ring (bicyclic) bond motifs is 1. The summed E-state index contributed by atoms with van der Waals surface area (Å²) in [6.07, 6.45) is 6.41. The van der Waals surface area contributed by atoms with Crippen LogP contribution < -0.4 is 15.5 Å². The predicted molar refractivity (Wildman–Crippen MR) is 130 cm³/mol. The van der Waals surface area contributed by atoms with Gasteiger partial charge in [-0.2, -0.15) is 0 Å². The lowest BCUT2D eigenvalue weighted by atomic mass is 9.86. The summed E-state index contributed by atoms with van der Waals surface area (Å²) < 4.78 is 28.4. The van der Waals surface area contributed by atoms with Crippen molar-refractivity contribution in [3.05, 3.63) is 70.0 Å². The van der Waals surface area contributed by atoms with Crippen LogP contribution >= 0.6 is 0 Å². The van der Waals surface area contributed by atoms with Crippen molar-refractivity contribution in [2.45, 2.75) is 56.9 Å². The molecule has 1 heterocycles. The fourth-order valence-corrected chi connectivity index (χ4v) is 5.42. The molecule has 0 spiro atoms. The van der Waals surface area contributed by atoms with Crippen molar-refractivity contribution >= 4 is 32.5 Å². The number of hydrogen-bond acceptors (Lipinski definition) is 4. The highest BCUT2D eigenvalue weighted by atomic mass is 32.2. The lowest BCUT2D eigenvalue weighted by molar-refractivity contribution is 0.0909. The van der Waals surface area contributed by atoms with E-state index >= 15 is 0 Å². The van der Waals surface area contributed by atoms with Gasteiger partial charge in [0.15, 0.2) is 0 Å². The fourth-order valence-electron chi connectivity index (χ4n) is 4.33. The second kappa shape index (κ2) is 9.39. The number of benzene rings is 2. The molecule has 7 nitrogen and oxygen atoms in total. The van der Waals surface area contributed by atoms with Gasteiger partial charge in [-0.25, -0.2) is 8.42 Å². The molecule has 0 saturated heterocycles. The second-order valence-electron chi connectivity index (χ2n) is 8.74. The predicted octanol–water partition coefficient (Wildman–Crippen LogP) is 4.20. The lowest BCUT2D eigenvalue weighted by Crippen LogP contribution is -2.42. The zero-order valence-electron chi connectivity index (χ0n) is 18.9. The molecule has 2 aromatic carbocycles. The highest BCUT2D eigenvalue weighted by molar-refractivity contribution is 7.92. The van der Waals surface area contributed by atoms with E-state index in [2.05, 4.69) is 21.9 Å². The third-order valence-electron chi connectivity index (χ3n) is 6.45. The van der Waals surface area contributed by atoms with Crippen molar-refractivity contribution < 1.29 is 13.2 Å². The first-order valence-electron chi connectivity index (χ1n) is 11.4. The molecule has 0 radical (unpaired) electrons. The molecule has 1 fully saturated rings. The highest BCUT2D eigenvalue weighted by Gasteiger charge is 2.25. The highest BCUT2D eigenvalue weighted by Crippen LogP contribution is 2.24. The monoisotopic (exact) mass is 467 g/mol. The summed E-state index contributed by atoms with van der Waals surface area (Å²) in [5.41, 5.74) is 1.50. The van der Waals surface area contributed by atoms with Crippen molar-refractivity contribution in [3.63, 3.8) is 0 Å². The molecule has 0 aliphatic heterocycles. The number of rotatable bonds is 6. The van der Waals surface area contributed by atoms with E-state index in [4.69, 9.17) is 0 Å². The van der Waals surface area contributed by atoms with Gasteiger partial charge in [0.05, 0.1) is 4.90 Å². The van der Waals surface area contributed by atoms with E-state index in [0.29, 0.717) is 17.1 Å². The summed E-state index contributed by atoms with van der Waals surface area (Å²) in [7, 11) is -3.91. The fraction of sp³-hybridized carbons (Fsp3) is 0.360. The van der Waals surface area contributed by atoms with Gasteiger partial charge in [0, 0.05) is 28.8 Å².